The molecule has 2 aromatic rings. The topological polar surface area (TPSA) is 95.5 Å². The van der Waals surface area contributed by atoms with Gasteiger partial charge in [-0.05, 0) is 12.1 Å². The molecule has 6 heteroatoms. The summed E-state index contributed by atoms with van der Waals surface area (Å²) in [5.74, 6) is 0.619. The maximum Gasteiger partial charge on any atom is 0.147 e. The third-order valence-corrected chi connectivity index (χ3v) is 2.87. The molecule has 0 bridgehead atoms. The SMILES string of the molecule is Nc1cccc(-c2cncc(N(CCO)CCO)n2)c1. The largest absolute Gasteiger partial charge is 0.399 e. The van der Waals surface area contributed by atoms with Crippen LogP contribution in [0.3, 0.4) is 0 Å². The molecule has 0 aliphatic rings. The zero-order valence-corrected chi connectivity index (χ0v) is 11.1. The Labute approximate surface area is 117 Å². The van der Waals surface area contributed by atoms with E-state index < -0.39 is 0 Å². The molecule has 0 radical (unpaired) electrons. The van der Waals surface area contributed by atoms with Crippen LogP contribution in [0.1, 0.15) is 0 Å². The van der Waals surface area contributed by atoms with Gasteiger partial charge in [0.1, 0.15) is 5.82 Å². The van der Waals surface area contributed by atoms with Gasteiger partial charge in [-0.25, -0.2) is 4.98 Å². The van der Waals surface area contributed by atoms with Gasteiger partial charge in [0.15, 0.2) is 0 Å². The first kappa shape index (κ1) is 14.2. The molecule has 106 valence electrons. The van der Waals surface area contributed by atoms with Crippen molar-refractivity contribution in [3.8, 4) is 11.3 Å². The van der Waals surface area contributed by atoms with E-state index in [1.807, 2.05) is 24.3 Å². The minimum absolute atomic E-state index is 0.00973. The summed E-state index contributed by atoms with van der Waals surface area (Å²) in [6.45, 7) is 0.777. The lowest BCUT2D eigenvalue weighted by Crippen LogP contribution is -2.30. The second-order valence-corrected chi connectivity index (χ2v) is 4.32. The molecule has 0 saturated carbocycles. The monoisotopic (exact) mass is 274 g/mol. The van der Waals surface area contributed by atoms with E-state index in [0.29, 0.717) is 30.3 Å². The lowest BCUT2D eigenvalue weighted by molar-refractivity contribution is 0.280. The number of rotatable bonds is 6. The van der Waals surface area contributed by atoms with Crippen LogP contribution in [-0.4, -0.2) is 46.5 Å². The van der Waals surface area contributed by atoms with Crippen LogP contribution in [0.15, 0.2) is 36.7 Å². The van der Waals surface area contributed by atoms with Crippen molar-refractivity contribution >= 4 is 11.5 Å². The van der Waals surface area contributed by atoms with Gasteiger partial charge in [0.05, 0.1) is 31.3 Å². The van der Waals surface area contributed by atoms with Crippen molar-refractivity contribution in [1.82, 2.24) is 9.97 Å². The first-order valence-electron chi connectivity index (χ1n) is 6.39. The molecule has 20 heavy (non-hydrogen) atoms. The molecule has 0 fully saturated rings. The molecule has 4 N–H and O–H groups in total. The highest BCUT2D eigenvalue weighted by molar-refractivity contribution is 5.64. The molecule has 2 rings (SSSR count). The van der Waals surface area contributed by atoms with E-state index >= 15 is 0 Å². The normalized spacial score (nSPS) is 10.5. The molecule has 1 aromatic carbocycles. The number of nitrogens with two attached hydrogens (primary N) is 1. The molecule has 0 spiro atoms. The van der Waals surface area contributed by atoms with Crippen molar-refractivity contribution in [2.45, 2.75) is 0 Å². The number of nitrogens with zero attached hydrogens (tertiary/aromatic N) is 3. The van der Waals surface area contributed by atoms with E-state index in [1.165, 1.54) is 0 Å². The summed E-state index contributed by atoms with van der Waals surface area (Å²) in [5.41, 5.74) is 8.01. The Kier molecular flexibility index (Phi) is 4.86. The standard InChI is InChI=1S/C14H18N4O2/c15-12-3-1-2-11(8-12)13-9-16-10-14(17-13)18(4-6-19)5-7-20/h1-3,8-10,19-20H,4-7,15H2. The van der Waals surface area contributed by atoms with Crippen LogP contribution in [0.2, 0.25) is 0 Å². The Morgan fingerprint density at radius 1 is 1.10 bits per heavy atom. The number of hydrogen-bond donors (Lipinski definition) is 3. The third kappa shape index (κ3) is 3.43. The zero-order valence-electron chi connectivity index (χ0n) is 11.1. The molecule has 0 aliphatic heterocycles. The zero-order chi connectivity index (χ0) is 14.4. The van der Waals surface area contributed by atoms with Crippen molar-refractivity contribution in [2.24, 2.45) is 0 Å². The van der Waals surface area contributed by atoms with Gasteiger partial charge < -0.3 is 20.8 Å². The summed E-state index contributed by atoms with van der Waals surface area (Å²) in [4.78, 5) is 10.5. The first-order chi connectivity index (χ1) is 9.74. The number of anilines is 2. The maximum absolute atomic E-state index is 9.06. The summed E-state index contributed by atoms with van der Waals surface area (Å²) >= 11 is 0. The second-order valence-electron chi connectivity index (χ2n) is 4.32. The van der Waals surface area contributed by atoms with E-state index in [2.05, 4.69) is 9.97 Å². The Morgan fingerprint density at radius 2 is 1.85 bits per heavy atom. The Hall–Kier alpha value is -2.18. The van der Waals surface area contributed by atoms with Crippen LogP contribution < -0.4 is 10.6 Å². The number of aliphatic hydroxyl groups excluding tert-OH is 2. The maximum atomic E-state index is 9.06. The molecule has 0 saturated heterocycles. The highest BCUT2D eigenvalue weighted by Gasteiger charge is 2.09. The molecular weight excluding hydrogens is 256 g/mol. The summed E-state index contributed by atoms with van der Waals surface area (Å²) in [6, 6.07) is 7.41. The first-order valence-corrected chi connectivity index (χ1v) is 6.39. The van der Waals surface area contributed by atoms with E-state index in [1.54, 1.807) is 17.3 Å². The fourth-order valence-electron chi connectivity index (χ4n) is 1.93. The molecule has 0 aliphatic carbocycles. The van der Waals surface area contributed by atoms with Gasteiger partial charge in [0.25, 0.3) is 0 Å². The Bertz CT molecular complexity index is 556. The molecule has 1 aromatic heterocycles. The van der Waals surface area contributed by atoms with E-state index in [-0.39, 0.29) is 13.2 Å². The lowest BCUT2D eigenvalue weighted by Gasteiger charge is -2.21. The van der Waals surface area contributed by atoms with Crippen molar-refractivity contribution < 1.29 is 10.2 Å². The summed E-state index contributed by atoms with van der Waals surface area (Å²) in [5, 5.41) is 18.1. The number of benzene rings is 1. The van der Waals surface area contributed by atoms with Gasteiger partial charge in [-0.15, -0.1) is 0 Å². The molecule has 6 nitrogen and oxygen atoms in total. The van der Waals surface area contributed by atoms with Gasteiger partial charge in [-0.3, -0.25) is 4.98 Å². The van der Waals surface area contributed by atoms with Crippen LogP contribution in [0.25, 0.3) is 11.3 Å². The Morgan fingerprint density at radius 3 is 2.50 bits per heavy atom. The van der Waals surface area contributed by atoms with Crippen LogP contribution in [-0.2, 0) is 0 Å². The third-order valence-electron chi connectivity index (χ3n) is 2.87. The fourth-order valence-corrected chi connectivity index (χ4v) is 1.93. The smallest absolute Gasteiger partial charge is 0.147 e. The van der Waals surface area contributed by atoms with Crippen LogP contribution in [0.4, 0.5) is 11.5 Å². The van der Waals surface area contributed by atoms with Gasteiger partial charge in [0, 0.05) is 24.3 Å². The average Bonchev–Trinajstić information content (AvgIpc) is 2.47. The van der Waals surface area contributed by atoms with E-state index in [9.17, 15) is 0 Å². The molecule has 1 heterocycles. The van der Waals surface area contributed by atoms with Crippen LogP contribution in [0.5, 0.6) is 0 Å². The van der Waals surface area contributed by atoms with Crippen molar-refractivity contribution in [1.29, 1.82) is 0 Å². The molecule has 0 atom stereocenters. The second kappa shape index (κ2) is 6.83. The van der Waals surface area contributed by atoms with E-state index in [0.717, 1.165) is 5.56 Å². The molecule has 0 unspecified atom stereocenters. The predicted octanol–water partition coefficient (Wildman–Crippen LogP) is 0.517. The quantitative estimate of drug-likeness (QED) is 0.665. The number of aromatic nitrogens is 2. The average molecular weight is 274 g/mol. The highest BCUT2D eigenvalue weighted by Crippen LogP contribution is 2.21. The summed E-state index contributed by atoms with van der Waals surface area (Å²) in [6.07, 6.45) is 3.27. The number of nitrogen functional groups attached to an aromatic ring is 1. The number of hydrogen-bond acceptors (Lipinski definition) is 6. The van der Waals surface area contributed by atoms with Gasteiger partial charge in [-0.2, -0.15) is 0 Å². The minimum Gasteiger partial charge on any atom is -0.399 e. The number of aliphatic hydroxyl groups is 2. The van der Waals surface area contributed by atoms with E-state index in [4.69, 9.17) is 15.9 Å². The van der Waals surface area contributed by atoms with Crippen molar-refractivity contribution in [3.63, 3.8) is 0 Å². The minimum atomic E-state index is -0.00973. The predicted molar refractivity (Wildman–Crippen MR) is 78.3 cm³/mol. The fraction of sp³-hybridized carbons (Fsp3) is 0.286. The van der Waals surface area contributed by atoms with Gasteiger partial charge in [-0.1, -0.05) is 12.1 Å². The van der Waals surface area contributed by atoms with Crippen LogP contribution in [0, 0.1) is 0 Å². The summed E-state index contributed by atoms with van der Waals surface area (Å²) < 4.78 is 0. The van der Waals surface area contributed by atoms with Gasteiger partial charge in [0.2, 0.25) is 0 Å². The van der Waals surface area contributed by atoms with Crippen molar-refractivity contribution in [3.05, 3.63) is 36.7 Å². The van der Waals surface area contributed by atoms with Crippen molar-refractivity contribution in [2.75, 3.05) is 36.9 Å². The van der Waals surface area contributed by atoms with Gasteiger partial charge >= 0.3 is 0 Å². The van der Waals surface area contributed by atoms with Crippen LogP contribution >= 0.6 is 0 Å². The summed E-state index contributed by atoms with van der Waals surface area (Å²) in [7, 11) is 0. The lowest BCUT2D eigenvalue weighted by atomic mass is 10.1. The molecular formula is C14H18N4O2. The highest BCUT2D eigenvalue weighted by atomic mass is 16.3. The Balaban J connectivity index is 2.31. The molecule has 0 amide bonds.